The Morgan fingerprint density at radius 3 is 2.56 bits per heavy atom. The third-order valence-corrected chi connectivity index (χ3v) is 5.86. The van der Waals surface area contributed by atoms with Gasteiger partial charge in [0.2, 0.25) is 16.8 Å². The molecule has 4 rings (SSSR count). The number of hydrogen-bond acceptors (Lipinski definition) is 6. The van der Waals surface area contributed by atoms with Crippen molar-refractivity contribution in [1.29, 1.82) is 0 Å². The van der Waals surface area contributed by atoms with Crippen molar-refractivity contribution in [2.24, 2.45) is 0 Å². The first-order valence-electron chi connectivity index (χ1n) is 9.71. The van der Waals surface area contributed by atoms with Crippen LogP contribution in [0.15, 0.2) is 53.3 Å². The molecule has 0 fully saturated rings. The molecule has 162 valence electrons. The first-order valence-corrected chi connectivity index (χ1v) is 10.9. The minimum Gasteiger partial charge on any atom is -0.326 e. The van der Waals surface area contributed by atoms with Crippen molar-refractivity contribution in [2.45, 2.75) is 19.8 Å². The Morgan fingerprint density at radius 2 is 1.84 bits per heavy atom. The van der Waals surface area contributed by atoms with Crippen molar-refractivity contribution in [3.05, 3.63) is 79.8 Å². The van der Waals surface area contributed by atoms with E-state index in [-0.39, 0.29) is 30.2 Å². The van der Waals surface area contributed by atoms with E-state index in [2.05, 4.69) is 20.8 Å². The molecule has 4 aromatic rings. The van der Waals surface area contributed by atoms with Gasteiger partial charge in [-0.1, -0.05) is 47.2 Å². The molecule has 0 aliphatic carbocycles. The molecule has 32 heavy (non-hydrogen) atoms. The third-order valence-electron chi connectivity index (χ3n) is 4.57. The van der Waals surface area contributed by atoms with E-state index in [0.717, 1.165) is 5.56 Å². The molecule has 2 aromatic carbocycles. The average molecular weight is 468 g/mol. The number of nitrogens with zero attached hydrogens (tertiary/aromatic N) is 3. The summed E-state index contributed by atoms with van der Waals surface area (Å²) in [5, 5.41) is 14.0. The van der Waals surface area contributed by atoms with Gasteiger partial charge in [-0.2, -0.15) is 0 Å². The van der Waals surface area contributed by atoms with Gasteiger partial charge in [-0.05, 0) is 35.9 Å². The second-order valence-corrected chi connectivity index (χ2v) is 8.40. The standard InChI is InChI=1S/C22H18ClN5O3S/c1-13(29)24-15-8-6-14(7-9-15)12-18-21(31)28-19(26-27-22(28)32-18)10-11-20(30)25-17-5-3-2-4-16(17)23/h2-9,12H,10-11H2,1H3,(H,24,29)(H,25,30)/b18-12-. The fraction of sp³-hybridized carbons (Fsp3) is 0.136. The lowest BCUT2D eigenvalue weighted by molar-refractivity contribution is -0.116. The summed E-state index contributed by atoms with van der Waals surface area (Å²) in [5.74, 6) is 0.0448. The van der Waals surface area contributed by atoms with Gasteiger partial charge >= 0.3 is 0 Å². The first kappa shape index (κ1) is 21.7. The highest BCUT2D eigenvalue weighted by Gasteiger charge is 2.14. The topological polar surface area (TPSA) is 105 Å². The van der Waals surface area contributed by atoms with E-state index in [0.29, 0.717) is 31.7 Å². The van der Waals surface area contributed by atoms with Gasteiger partial charge in [0.25, 0.3) is 5.56 Å². The molecule has 2 amide bonds. The first-order chi connectivity index (χ1) is 15.4. The minimum atomic E-state index is -0.234. The zero-order valence-corrected chi connectivity index (χ0v) is 18.5. The van der Waals surface area contributed by atoms with E-state index in [1.807, 2.05) is 12.1 Å². The molecule has 0 saturated heterocycles. The maximum absolute atomic E-state index is 12.9. The van der Waals surface area contributed by atoms with Crippen LogP contribution in [0.3, 0.4) is 0 Å². The number of rotatable bonds is 6. The van der Waals surface area contributed by atoms with Gasteiger partial charge in [0.05, 0.1) is 15.2 Å². The average Bonchev–Trinajstić information content (AvgIpc) is 3.29. The van der Waals surface area contributed by atoms with Crippen LogP contribution >= 0.6 is 22.9 Å². The smallest absolute Gasteiger partial charge is 0.275 e. The van der Waals surface area contributed by atoms with Crippen molar-refractivity contribution in [3.63, 3.8) is 0 Å². The molecule has 0 unspecified atom stereocenters. The number of carbonyl (C=O) groups is 2. The Bertz CT molecular complexity index is 1410. The second kappa shape index (κ2) is 9.29. The van der Waals surface area contributed by atoms with Crippen molar-refractivity contribution in [1.82, 2.24) is 14.6 Å². The molecule has 0 spiro atoms. The van der Waals surface area contributed by atoms with E-state index in [4.69, 9.17) is 11.6 Å². The van der Waals surface area contributed by atoms with Crippen LogP contribution in [0.25, 0.3) is 11.0 Å². The van der Waals surface area contributed by atoms with Crippen molar-refractivity contribution >= 4 is 57.2 Å². The van der Waals surface area contributed by atoms with Gasteiger partial charge in [-0.3, -0.25) is 14.4 Å². The van der Waals surface area contributed by atoms with E-state index < -0.39 is 0 Å². The van der Waals surface area contributed by atoms with E-state index >= 15 is 0 Å². The predicted octanol–water partition coefficient (Wildman–Crippen LogP) is 2.88. The lowest BCUT2D eigenvalue weighted by Gasteiger charge is -2.06. The van der Waals surface area contributed by atoms with Crippen molar-refractivity contribution in [3.8, 4) is 0 Å². The second-order valence-electron chi connectivity index (χ2n) is 6.98. The fourth-order valence-corrected chi connectivity index (χ4v) is 4.21. The number of fused-ring (bicyclic) bond motifs is 1. The Morgan fingerprint density at radius 1 is 1.09 bits per heavy atom. The largest absolute Gasteiger partial charge is 0.326 e. The summed E-state index contributed by atoms with van der Waals surface area (Å²) in [5.41, 5.74) is 1.79. The number of nitrogens with one attached hydrogen (secondary N) is 2. The maximum atomic E-state index is 12.9. The van der Waals surface area contributed by atoms with Crippen LogP contribution in [0.2, 0.25) is 5.02 Å². The molecule has 2 aromatic heterocycles. The quantitative estimate of drug-likeness (QED) is 0.453. The Kier molecular flexibility index (Phi) is 6.29. The number of benzene rings is 2. The number of aromatic nitrogens is 3. The van der Waals surface area contributed by atoms with E-state index in [9.17, 15) is 14.4 Å². The number of amides is 2. The monoisotopic (exact) mass is 467 g/mol. The Balaban J connectivity index is 1.51. The molecule has 10 heteroatoms. The van der Waals surface area contributed by atoms with Crippen LogP contribution in [0.4, 0.5) is 11.4 Å². The molecule has 0 aliphatic rings. The van der Waals surface area contributed by atoms with Crippen LogP contribution in [0, 0.1) is 0 Å². The Hall–Kier alpha value is -3.56. The molecule has 8 nitrogen and oxygen atoms in total. The number of aryl methyl sites for hydroxylation is 1. The van der Waals surface area contributed by atoms with Gasteiger partial charge in [0.1, 0.15) is 5.82 Å². The molecule has 2 N–H and O–H groups in total. The van der Waals surface area contributed by atoms with Crippen LogP contribution in [-0.4, -0.2) is 26.4 Å². The molecule has 0 bridgehead atoms. The summed E-state index contributed by atoms with van der Waals surface area (Å²) >= 11 is 7.29. The van der Waals surface area contributed by atoms with Crippen LogP contribution in [0.1, 0.15) is 24.7 Å². The predicted molar refractivity (Wildman–Crippen MR) is 125 cm³/mol. The van der Waals surface area contributed by atoms with Gasteiger partial charge in [0.15, 0.2) is 0 Å². The van der Waals surface area contributed by atoms with E-state index in [1.165, 1.54) is 22.7 Å². The highest BCUT2D eigenvalue weighted by molar-refractivity contribution is 7.15. The van der Waals surface area contributed by atoms with Crippen molar-refractivity contribution < 1.29 is 9.59 Å². The van der Waals surface area contributed by atoms with Gasteiger partial charge in [0, 0.05) is 25.5 Å². The molecule has 0 aliphatic heterocycles. The number of halogens is 1. The van der Waals surface area contributed by atoms with Crippen LogP contribution in [-0.2, 0) is 16.0 Å². The van der Waals surface area contributed by atoms with Crippen molar-refractivity contribution in [2.75, 3.05) is 10.6 Å². The molecular formula is C22H18ClN5O3S. The van der Waals surface area contributed by atoms with Crippen LogP contribution < -0.4 is 20.7 Å². The summed E-state index contributed by atoms with van der Waals surface area (Å²) in [7, 11) is 0. The lowest BCUT2D eigenvalue weighted by Crippen LogP contribution is -2.24. The van der Waals surface area contributed by atoms with Gasteiger partial charge in [-0.15, -0.1) is 10.2 Å². The normalized spacial score (nSPS) is 11.6. The minimum absolute atomic E-state index is 0.130. The molecule has 0 atom stereocenters. The SMILES string of the molecule is CC(=O)Nc1ccc(/C=c2\sc3nnc(CCC(=O)Nc4ccccc4Cl)n3c2=O)cc1. The highest BCUT2D eigenvalue weighted by Crippen LogP contribution is 2.20. The fourth-order valence-electron chi connectivity index (χ4n) is 3.09. The zero-order chi connectivity index (χ0) is 22.7. The number of thiazole rings is 1. The summed E-state index contributed by atoms with van der Waals surface area (Å²) < 4.78 is 1.94. The molecule has 0 radical (unpaired) electrons. The zero-order valence-electron chi connectivity index (χ0n) is 17.0. The number of carbonyl (C=O) groups excluding carboxylic acids is 2. The summed E-state index contributed by atoms with van der Waals surface area (Å²) in [6.07, 6.45) is 2.15. The maximum Gasteiger partial charge on any atom is 0.275 e. The summed E-state index contributed by atoms with van der Waals surface area (Å²) in [6, 6.07) is 14.1. The molecule has 0 saturated carbocycles. The number of hydrogen-bond donors (Lipinski definition) is 2. The highest BCUT2D eigenvalue weighted by atomic mass is 35.5. The molecular weight excluding hydrogens is 450 g/mol. The van der Waals surface area contributed by atoms with Gasteiger partial charge < -0.3 is 10.6 Å². The molecule has 2 heterocycles. The summed E-state index contributed by atoms with van der Waals surface area (Å²) in [6.45, 7) is 1.44. The van der Waals surface area contributed by atoms with Crippen LogP contribution in [0.5, 0.6) is 0 Å². The Labute approximate surface area is 191 Å². The number of anilines is 2. The third kappa shape index (κ3) is 4.84. The lowest BCUT2D eigenvalue weighted by atomic mass is 10.2. The number of para-hydroxylation sites is 1. The summed E-state index contributed by atoms with van der Waals surface area (Å²) in [4.78, 5) is 36.8. The van der Waals surface area contributed by atoms with Gasteiger partial charge in [-0.25, -0.2) is 4.40 Å². The van der Waals surface area contributed by atoms with E-state index in [1.54, 1.807) is 42.5 Å².